The van der Waals surface area contributed by atoms with Gasteiger partial charge in [0.05, 0.1) is 12.7 Å². The Balaban J connectivity index is 2.27. The first-order valence-electron chi connectivity index (χ1n) is 7.08. The average Bonchev–Trinajstić information content (AvgIpc) is 2.42. The second-order valence-corrected chi connectivity index (χ2v) is 5.56. The first-order valence-corrected chi connectivity index (χ1v) is 7.08. The summed E-state index contributed by atoms with van der Waals surface area (Å²) < 4.78 is 5.20. The van der Waals surface area contributed by atoms with Gasteiger partial charge in [0.25, 0.3) is 0 Å². The van der Waals surface area contributed by atoms with Crippen LogP contribution in [-0.4, -0.2) is 36.5 Å². The van der Waals surface area contributed by atoms with Gasteiger partial charge in [-0.2, -0.15) is 0 Å². The van der Waals surface area contributed by atoms with Crippen molar-refractivity contribution in [3.63, 3.8) is 0 Å². The number of aliphatic hydroxyl groups is 1. The van der Waals surface area contributed by atoms with Crippen LogP contribution in [0.15, 0.2) is 30.3 Å². The zero-order chi connectivity index (χ0) is 14.1. The third-order valence-electron chi connectivity index (χ3n) is 3.21. The number of hydrogen-bond donors (Lipinski definition) is 2. The van der Waals surface area contributed by atoms with Gasteiger partial charge in [-0.05, 0) is 39.2 Å². The summed E-state index contributed by atoms with van der Waals surface area (Å²) in [6.45, 7) is 7.89. The van der Waals surface area contributed by atoms with Gasteiger partial charge in [-0.15, -0.1) is 0 Å². The van der Waals surface area contributed by atoms with Crippen LogP contribution in [0.2, 0.25) is 0 Å². The summed E-state index contributed by atoms with van der Waals surface area (Å²) in [6.07, 6.45) is 1.65. The van der Waals surface area contributed by atoms with E-state index in [9.17, 15) is 5.11 Å². The molecule has 1 atom stereocenters. The summed E-state index contributed by atoms with van der Waals surface area (Å²) in [5.74, 6) is 0. The minimum absolute atomic E-state index is 0.0169. The molecule has 0 saturated heterocycles. The van der Waals surface area contributed by atoms with Crippen molar-refractivity contribution in [2.24, 2.45) is 0 Å². The molecule has 0 aliphatic rings. The Morgan fingerprint density at radius 3 is 2.58 bits per heavy atom. The third kappa shape index (κ3) is 7.31. The molecule has 0 heterocycles. The van der Waals surface area contributed by atoms with E-state index in [1.54, 1.807) is 0 Å². The number of nitrogens with one attached hydrogen (secondary N) is 1. The molecule has 1 aromatic rings. The van der Waals surface area contributed by atoms with Crippen LogP contribution in [0.3, 0.4) is 0 Å². The Bertz CT molecular complexity index is 338. The minimum atomic E-state index is -0.434. The first-order chi connectivity index (χ1) is 9.03. The van der Waals surface area contributed by atoms with E-state index in [0.717, 1.165) is 12.8 Å². The van der Waals surface area contributed by atoms with Gasteiger partial charge in [-0.25, -0.2) is 0 Å². The first kappa shape index (κ1) is 16.2. The van der Waals surface area contributed by atoms with E-state index in [2.05, 4.69) is 43.4 Å². The highest BCUT2D eigenvalue weighted by Gasteiger charge is 2.18. The lowest BCUT2D eigenvalue weighted by atomic mass is 9.95. The summed E-state index contributed by atoms with van der Waals surface area (Å²) in [7, 11) is 0. The molecule has 108 valence electrons. The van der Waals surface area contributed by atoms with Gasteiger partial charge < -0.3 is 15.2 Å². The maximum atomic E-state index is 9.74. The summed E-state index contributed by atoms with van der Waals surface area (Å²) in [5, 5.41) is 13.1. The summed E-state index contributed by atoms with van der Waals surface area (Å²) in [4.78, 5) is 0. The maximum Gasteiger partial charge on any atom is 0.0897 e. The molecule has 1 unspecified atom stereocenters. The van der Waals surface area contributed by atoms with Crippen LogP contribution in [-0.2, 0) is 11.2 Å². The van der Waals surface area contributed by atoms with Gasteiger partial charge in [0, 0.05) is 18.7 Å². The average molecular weight is 265 g/mol. The molecule has 0 bridgehead atoms. The number of rotatable bonds is 9. The molecule has 1 aromatic carbocycles. The van der Waals surface area contributed by atoms with Gasteiger partial charge in [-0.3, -0.25) is 0 Å². The molecule has 0 aliphatic carbocycles. The highest BCUT2D eigenvalue weighted by molar-refractivity contribution is 5.15. The van der Waals surface area contributed by atoms with Crippen LogP contribution in [0.5, 0.6) is 0 Å². The molecule has 3 heteroatoms. The quantitative estimate of drug-likeness (QED) is 0.720. The van der Waals surface area contributed by atoms with Gasteiger partial charge >= 0.3 is 0 Å². The smallest absolute Gasteiger partial charge is 0.0897 e. The van der Waals surface area contributed by atoms with E-state index in [1.807, 2.05) is 13.0 Å². The van der Waals surface area contributed by atoms with E-state index >= 15 is 0 Å². The number of hydrogen-bond acceptors (Lipinski definition) is 3. The lowest BCUT2D eigenvalue weighted by Gasteiger charge is -2.28. The third-order valence-corrected chi connectivity index (χ3v) is 3.21. The molecular weight excluding hydrogens is 238 g/mol. The van der Waals surface area contributed by atoms with Crippen molar-refractivity contribution >= 4 is 0 Å². The van der Waals surface area contributed by atoms with Crippen molar-refractivity contribution in [2.45, 2.75) is 45.3 Å². The molecule has 0 fully saturated rings. The second kappa shape index (κ2) is 8.31. The number of aryl methyl sites for hydroxylation is 1. The van der Waals surface area contributed by atoms with Crippen LogP contribution < -0.4 is 5.32 Å². The Hall–Kier alpha value is -0.900. The van der Waals surface area contributed by atoms with Crippen molar-refractivity contribution in [1.82, 2.24) is 5.32 Å². The fourth-order valence-corrected chi connectivity index (χ4v) is 1.90. The van der Waals surface area contributed by atoms with E-state index in [4.69, 9.17) is 4.74 Å². The Morgan fingerprint density at radius 1 is 1.26 bits per heavy atom. The lowest BCUT2D eigenvalue weighted by Crippen LogP contribution is -2.44. The molecule has 0 amide bonds. The number of benzene rings is 1. The van der Waals surface area contributed by atoms with E-state index in [1.165, 1.54) is 5.56 Å². The van der Waals surface area contributed by atoms with Crippen LogP contribution >= 0.6 is 0 Å². The number of aliphatic hydroxyl groups excluding tert-OH is 1. The highest BCUT2D eigenvalue weighted by atomic mass is 16.5. The highest BCUT2D eigenvalue weighted by Crippen LogP contribution is 2.13. The van der Waals surface area contributed by atoms with Crippen LogP contribution in [0.25, 0.3) is 0 Å². The van der Waals surface area contributed by atoms with Crippen molar-refractivity contribution in [3.8, 4) is 0 Å². The van der Waals surface area contributed by atoms with Crippen molar-refractivity contribution < 1.29 is 9.84 Å². The summed E-state index contributed by atoms with van der Waals surface area (Å²) in [6, 6.07) is 10.5. The van der Waals surface area contributed by atoms with Gasteiger partial charge in [-0.1, -0.05) is 30.3 Å². The summed E-state index contributed by atoms with van der Waals surface area (Å²) in [5.41, 5.74) is 1.37. The largest absolute Gasteiger partial charge is 0.389 e. The lowest BCUT2D eigenvalue weighted by molar-refractivity contribution is 0.0389. The van der Waals surface area contributed by atoms with Gasteiger partial charge in [0.15, 0.2) is 0 Å². The van der Waals surface area contributed by atoms with Crippen LogP contribution in [0.1, 0.15) is 32.8 Å². The van der Waals surface area contributed by atoms with Crippen molar-refractivity contribution in [1.29, 1.82) is 0 Å². The van der Waals surface area contributed by atoms with E-state index < -0.39 is 6.10 Å². The molecule has 0 aromatic heterocycles. The fraction of sp³-hybridized carbons (Fsp3) is 0.625. The molecule has 0 saturated carbocycles. The number of ether oxygens (including phenoxy) is 1. The fourth-order valence-electron chi connectivity index (χ4n) is 1.90. The maximum absolute atomic E-state index is 9.74. The molecule has 19 heavy (non-hydrogen) atoms. The molecule has 0 radical (unpaired) electrons. The Kier molecular flexibility index (Phi) is 7.06. The van der Waals surface area contributed by atoms with E-state index in [0.29, 0.717) is 19.8 Å². The predicted molar refractivity (Wildman–Crippen MR) is 79.3 cm³/mol. The van der Waals surface area contributed by atoms with Crippen LogP contribution in [0.4, 0.5) is 0 Å². The SMILES string of the molecule is CCOCC(O)CNC(C)(C)CCc1ccccc1. The zero-order valence-electron chi connectivity index (χ0n) is 12.4. The molecule has 2 N–H and O–H groups in total. The van der Waals surface area contributed by atoms with Crippen LogP contribution in [0, 0.1) is 0 Å². The normalized spacial score (nSPS) is 13.5. The molecule has 3 nitrogen and oxygen atoms in total. The minimum Gasteiger partial charge on any atom is -0.389 e. The summed E-state index contributed by atoms with van der Waals surface area (Å²) >= 11 is 0. The topological polar surface area (TPSA) is 41.5 Å². The molecule has 0 aliphatic heterocycles. The predicted octanol–water partition coefficient (Wildman–Crippen LogP) is 2.38. The molecule has 0 spiro atoms. The second-order valence-electron chi connectivity index (χ2n) is 5.56. The van der Waals surface area contributed by atoms with Crippen molar-refractivity contribution in [3.05, 3.63) is 35.9 Å². The van der Waals surface area contributed by atoms with Gasteiger partial charge in [0.2, 0.25) is 0 Å². The zero-order valence-corrected chi connectivity index (χ0v) is 12.4. The molecule has 1 rings (SSSR count). The molecular formula is C16H27NO2. The van der Waals surface area contributed by atoms with Crippen molar-refractivity contribution in [2.75, 3.05) is 19.8 Å². The van der Waals surface area contributed by atoms with E-state index in [-0.39, 0.29) is 5.54 Å². The van der Waals surface area contributed by atoms with Gasteiger partial charge in [0.1, 0.15) is 0 Å². The Morgan fingerprint density at radius 2 is 1.95 bits per heavy atom. The standard InChI is InChI=1S/C16H27NO2/c1-4-19-13-15(18)12-17-16(2,3)11-10-14-8-6-5-7-9-14/h5-9,15,17-18H,4,10-13H2,1-3H3. The monoisotopic (exact) mass is 265 g/mol. The Labute approximate surface area is 117 Å². The number of β-amino-alcohol motifs (C(OH)–C–C–N with tert-alkyl or cyclic N) is 1.